The third kappa shape index (κ3) is 3.51. The molecule has 1 fully saturated rings. The lowest BCUT2D eigenvalue weighted by Crippen LogP contribution is -2.22. The Morgan fingerprint density at radius 3 is 2.10 bits per heavy atom. The highest BCUT2D eigenvalue weighted by Gasteiger charge is 2.60. The summed E-state index contributed by atoms with van der Waals surface area (Å²) in [6.45, 7) is 4.10. The summed E-state index contributed by atoms with van der Waals surface area (Å²) in [7, 11) is 0. The van der Waals surface area contributed by atoms with E-state index in [2.05, 4.69) is 29.6 Å². The molecule has 5 nitrogen and oxygen atoms in total. The lowest BCUT2D eigenvalue weighted by atomic mass is 9.84. The van der Waals surface area contributed by atoms with Crippen LogP contribution in [0.1, 0.15) is 28.7 Å². The van der Waals surface area contributed by atoms with Crippen LogP contribution in [-0.4, -0.2) is 10.8 Å². The summed E-state index contributed by atoms with van der Waals surface area (Å²) in [6, 6.07) is 22.6. The molecule has 0 heterocycles. The second kappa shape index (κ2) is 7.17. The quantitative estimate of drug-likeness (QED) is 0.486. The molecule has 3 aromatic carbocycles. The number of nitrogens with one attached hydrogen (secondary N) is 1. The maximum absolute atomic E-state index is 13.1. The van der Waals surface area contributed by atoms with Crippen LogP contribution in [0.25, 0.3) is 0 Å². The smallest absolute Gasteiger partial charge is 0.271 e. The first-order valence-electron chi connectivity index (χ1n) is 9.60. The molecule has 3 aromatic rings. The number of nitro benzene ring substituents is 1. The van der Waals surface area contributed by atoms with Gasteiger partial charge in [-0.05, 0) is 37.5 Å². The number of hydrogen-bond acceptors (Lipinski definition) is 3. The van der Waals surface area contributed by atoms with E-state index in [1.165, 1.54) is 12.1 Å². The normalized spacial score (nSPS) is 16.8. The van der Waals surface area contributed by atoms with Crippen LogP contribution >= 0.6 is 0 Å². The Hall–Kier alpha value is -3.47. The van der Waals surface area contributed by atoms with E-state index in [-0.39, 0.29) is 22.9 Å². The average Bonchev–Trinajstić information content (AvgIpc) is 3.45. The van der Waals surface area contributed by atoms with Crippen LogP contribution in [0.4, 0.5) is 11.4 Å². The second-order valence-corrected chi connectivity index (χ2v) is 7.76. The fraction of sp³-hybridized carbons (Fsp3) is 0.208. The van der Waals surface area contributed by atoms with E-state index in [9.17, 15) is 14.9 Å². The van der Waals surface area contributed by atoms with Crippen molar-refractivity contribution >= 4 is 17.3 Å². The van der Waals surface area contributed by atoms with Gasteiger partial charge in [0.05, 0.1) is 10.8 Å². The Bertz CT molecular complexity index is 1060. The molecule has 0 aromatic heterocycles. The van der Waals surface area contributed by atoms with Gasteiger partial charge in [0.25, 0.3) is 5.69 Å². The number of rotatable bonds is 5. The van der Waals surface area contributed by atoms with Crippen molar-refractivity contribution in [2.24, 2.45) is 5.92 Å². The number of amides is 1. The lowest BCUT2D eigenvalue weighted by Gasteiger charge is -2.20. The number of aryl methyl sites for hydroxylation is 2. The van der Waals surface area contributed by atoms with Crippen LogP contribution in [-0.2, 0) is 10.2 Å². The van der Waals surface area contributed by atoms with Crippen molar-refractivity contribution in [3.63, 3.8) is 0 Å². The maximum atomic E-state index is 13.1. The number of non-ortho nitro benzene ring substituents is 1. The summed E-state index contributed by atoms with van der Waals surface area (Å²) in [4.78, 5) is 23.7. The van der Waals surface area contributed by atoms with Crippen LogP contribution in [0, 0.1) is 29.9 Å². The van der Waals surface area contributed by atoms with Crippen LogP contribution in [0.5, 0.6) is 0 Å². The number of anilines is 1. The van der Waals surface area contributed by atoms with Gasteiger partial charge >= 0.3 is 0 Å². The molecule has 146 valence electrons. The van der Waals surface area contributed by atoms with Crippen LogP contribution in [0.15, 0.2) is 72.8 Å². The number of carbonyl (C=O) groups is 1. The molecule has 1 atom stereocenters. The highest BCUT2D eigenvalue weighted by atomic mass is 16.6. The molecular formula is C24H22N2O3. The zero-order valence-electron chi connectivity index (χ0n) is 16.4. The van der Waals surface area contributed by atoms with Gasteiger partial charge in [-0.15, -0.1) is 0 Å². The van der Waals surface area contributed by atoms with Gasteiger partial charge in [-0.1, -0.05) is 65.7 Å². The van der Waals surface area contributed by atoms with Gasteiger partial charge in [0.15, 0.2) is 0 Å². The lowest BCUT2D eigenvalue weighted by molar-refractivity contribution is -0.384. The SMILES string of the molecule is Cc1cccc(C2(c3cccc(C)c3)C[C@H]2C(=O)Nc2cccc([N+](=O)[O-])c2)c1. The molecule has 0 radical (unpaired) electrons. The first-order chi connectivity index (χ1) is 13.9. The highest BCUT2D eigenvalue weighted by Crippen LogP contribution is 2.59. The highest BCUT2D eigenvalue weighted by molar-refractivity contribution is 5.97. The molecule has 1 N–H and O–H groups in total. The van der Waals surface area contributed by atoms with Crippen molar-refractivity contribution in [2.75, 3.05) is 5.32 Å². The van der Waals surface area contributed by atoms with Gasteiger partial charge in [0, 0.05) is 23.2 Å². The second-order valence-electron chi connectivity index (χ2n) is 7.76. The molecule has 5 heteroatoms. The Labute approximate surface area is 169 Å². The number of nitrogens with zero attached hydrogens (tertiary/aromatic N) is 1. The predicted molar refractivity (Wildman–Crippen MR) is 113 cm³/mol. The van der Waals surface area contributed by atoms with Crippen molar-refractivity contribution in [1.82, 2.24) is 0 Å². The summed E-state index contributed by atoms with van der Waals surface area (Å²) in [6.07, 6.45) is 0.709. The van der Waals surface area contributed by atoms with E-state index in [1.807, 2.05) is 38.1 Å². The van der Waals surface area contributed by atoms with E-state index >= 15 is 0 Å². The molecule has 1 amide bonds. The third-order valence-corrected chi connectivity index (χ3v) is 5.67. The van der Waals surface area contributed by atoms with E-state index in [0.717, 1.165) is 22.3 Å². The summed E-state index contributed by atoms with van der Waals surface area (Å²) in [5.74, 6) is -0.348. The molecule has 29 heavy (non-hydrogen) atoms. The van der Waals surface area contributed by atoms with E-state index in [1.54, 1.807) is 12.1 Å². The van der Waals surface area contributed by atoms with Crippen LogP contribution in [0.2, 0.25) is 0 Å². The minimum Gasteiger partial charge on any atom is -0.326 e. The maximum Gasteiger partial charge on any atom is 0.271 e. The molecule has 1 aliphatic carbocycles. The first kappa shape index (κ1) is 18.9. The third-order valence-electron chi connectivity index (χ3n) is 5.67. The topological polar surface area (TPSA) is 72.2 Å². The molecule has 0 aliphatic heterocycles. The average molecular weight is 386 g/mol. The summed E-state index contributed by atoms with van der Waals surface area (Å²) in [5, 5.41) is 13.9. The summed E-state index contributed by atoms with van der Waals surface area (Å²) < 4.78 is 0. The molecule has 0 bridgehead atoms. The number of benzene rings is 3. The van der Waals surface area contributed by atoms with Gasteiger partial charge in [-0.25, -0.2) is 0 Å². The first-order valence-corrected chi connectivity index (χ1v) is 9.60. The Morgan fingerprint density at radius 2 is 1.55 bits per heavy atom. The minimum absolute atomic E-state index is 0.0396. The largest absolute Gasteiger partial charge is 0.326 e. The molecule has 0 spiro atoms. The van der Waals surface area contributed by atoms with Crippen LogP contribution in [0.3, 0.4) is 0 Å². The Morgan fingerprint density at radius 1 is 0.966 bits per heavy atom. The zero-order chi connectivity index (χ0) is 20.6. The minimum atomic E-state index is -0.462. The molecule has 1 aliphatic rings. The van der Waals surface area contributed by atoms with Crippen molar-refractivity contribution in [3.8, 4) is 0 Å². The van der Waals surface area contributed by atoms with E-state index < -0.39 is 4.92 Å². The number of carbonyl (C=O) groups excluding carboxylic acids is 1. The fourth-order valence-corrected chi connectivity index (χ4v) is 4.16. The summed E-state index contributed by atoms with van der Waals surface area (Å²) >= 11 is 0. The predicted octanol–water partition coefficient (Wildman–Crippen LogP) is 5.16. The molecular weight excluding hydrogens is 364 g/mol. The van der Waals surface area contributed by atoms with Gasteiger partial charge in [-0.2, -0.15) is 0 Å². The molecule has 1 saturated carbocycles. The van der Waals surface area contributed by atoms with Crippen molar-refractivity contribution in [3.05, 3.63) is 105 Å². The van der Waals surface area contributed by atoms with Gasteiger partial charge in [0.1, 0.15) is 0 Å². The number of hydrogen-bond donors (Lipinski definition) is 1. The number of nitro groups is 1. The Balaban J connectivity index is 1.68. The van der Waals surface area contributed by atoms with E-state index in [4.69, 9.17) is 0 Å². The molecule has 4 rings (SSSR count). The van der Waals surface area contributed by atoms with Crippen molar-refractivity contribution < 1.29 is 9.72 Å². The standard InChI is InChI=1S/C24H22N2O3/c1-16-6-3-8-18(12-16)24(19-9-4-7-17(2)13-19)15-22(24)23(27)25-20-10-5-11-21(14-20)26(28)29/h3-14,22H,15H2,1-2H3,(H,25,27)/t22-/m0/s1. The zero-order valence-corrected chi connectivity index (χ0v) is 16.4. The Kier molecular flexibility index (Phi) is 4.66. The monoisotopic (exact) mass is 386 g/mol. The van der Waals surface area contributed by atoms with Crippen molar-refractivity contribution in [1.29, 1.82) is 0 Å². The van der Waals surface area contributed by atoms with Crippen molar-refractivity contribution in [2.45, 2.75) is 25.7 Å². The van der Waals surface area contributed by atoms with Gasteiger partial charge in [-0.3, -0.25) is 14.9 Å². The van der Waals surface area contributed by atoms with Gasteiger partial charge in [0.2, 0.25) is 5.91 Å². The molecule has 0 saturated heterocycles. The fourth-order valence-electron chi connectivity index (χ4n) is 4.16. The van der Waals surface area contributed by atoms with Crippen LogP contribution < -0.4 is 5.32 Å². The van der Waals surface area contributed by atoms with Gasteiger partial charge < -0.3 is 5.32 Å². The molecule has 0 unspecified atom stereocenters. The summed E-state index contributed by atoms with van der Waals surface area (Å²) in [5.41, 5.74) is 4.59. The van der Waals surface area contributed by atoms with E-state index in [0.29, 0.717) is 12.1 Å².